The summed E-state index contributed by atoms with van der Waals surface area (Å²) in [5.41, 5.74) is 4.48. The van der Waals surface area contributed by atoms with E-state index in [0.717, 1.165) is 80.9 Å². The van der Waals surface area contributed by atoms with Gasteiger partial charge in [-0.05, 0) is 73.6 Å². The van der Waals surface area contributed by atoms with Crippen LogP contribution in [0.15, 0.2) is 36.5 Å². The first-order chi connectivity index (χ1) is 18.4. The molecule has 206 valence electrons. The van der Waals surface area contributed by atoms with Gasteiger partial charge in [0.15, 0.2) is 0 Å². The predicted octanol–water partition coefficient (Wildman–Crippen LogP) is 5.27. The van der Waals surface area contributed by atoms with E-state index in [4.69, 9.17) is 9.47 Å². The summed E-state index contributed by atoms with van der Waals surface area (Å²) >= 11 is 0. The van der Waals surface area contributed by atoms with Gasteiger partial charge in [-0.2, -0.15) is 0 Å². The molecule has 4 heterocycles. The van der Waals surface area contributed by atoms with Gasteiger partial charge in [0.1, 0.15) is 11.9 Å². The lowest BCUT2D eigenvalue weighted by atomic mass is 9.72. The highest BCUT2D eigenvalue weighted by molar-refractivity contribution is 5.76. The van der Waals surface area contributed by atoms with Crippen LogP contribution in [-0.4, -0.2) is 66.0 Å². The van der Waals surface area contributed by atoms with Gasteiger partial charge in [-0.25, -0.2) is 4.98 Å². The second kappa shape index (κ2) is 12.1. The van der Waals surface area contributed by atoms with Gasteiger partial charge in [0.25, 0.3) is 0 Å². The summed E-state index contributed by atoms with van der Waals surface area (Å²) in [6.45, 7) is 7.83. The number of ether oxygens (including phenoxy) is 2. The molecule has 1 aromatic carbocycles. The topological polar surface area (TPSA) is 83.9 Å². The SMILES string of the molecule is Cc1ccc(C2(C)CCOCC2)c(C(C(=O)O)N2CC(OCCCCC[C@@H]3CCc4cccnc4N3)C2)c1. The monoisotopic (exact) mass is 521 g/mol. The molecule has 2 fully saturated rings. The van der Waals surface area contributed by atoms with E-state index in [1.165, 1.54) is 18.4 Å². The summed E-state index contributed by atoms with van der Waals surface area (Å²) < 4.78 is 11.7. The van der Waals surface area contributed by atoms with Crippen molar-refractivity contribution in [2.75, 3.05) is 38.2 Å². The number of aromatic nitrogens is 1. The maximum Gasteiger partial charge on any atom is 0.325 e. The molecule has 0 amide bonds. The van der Waals surface area contributed by atoms with Crippen molar-refractivity contribution in [1.29, 1.82) is 0 Å². The highest BCUT2D eigenvalue weighted by Gasteiger charge is 2.41. The summed E-state index contributed by atoms with van der Waals surface area (Å²) in [6.07, 6.45) is 10.6. The number of aryl methyl sites for hydroxylation is 2. The molecule has 1 unspecified atom stereocenters. The number of benzene rings is 1. The van der Waals surface area contributed by atoms with Crippen LogP contribution < -0.4 is 5.32 Å². The number of rotatable bonds is 11. The summed E-state index contributed by atoms with van der Waals surface area (Å²) in [7, 11) is 0. The Kier molecular flexibility index (Phi) is 8.66. The fourth-order valence-electron chi connectivity index (χ4n) is 6.32. The molecule has 5 rings (SSSR count). The molecule has 1 aromatic heterocycles. The fourth-order valence-corrected chi connectivity index (χ4v) is 6.32. The Bertz CT molecular complexity index is 1090. The standard InChI is InChI=1S/C31H43N3O4/c1-22-9-12-27(31(2)13-17-37-18-14-31)26(19-22)28(30(35)36)34-20-25(21-34)38-16-5-3-4-8-24-11-10-23-7-6-15-32-29(23)33-24/h6-7,9,12,15,19,24-25,28H,3-5,8,10-11,13-14,16-18,20-21H2,1-2H3,(H,32,33)(H,35,36)/t24-,28?/m1/s1. The molecule has 0 spiro atoms. The summed E-state index contributed by atoms with van der Waals surface area (Å²) in [4.78, 5) is 19.0. The Labute approximate surface area is 226 Å². The lowest BCUT2D eigenvalue weighted by Crippen LogP contribution is -2.55. The number of fused-ring (bicyclic) bond motifs is 1. The van der Waals surface area contributed by atoms with E-state index in [1.807, 2.05) is 19.2 Å². The Morgan fingerprint density at radius 1 is 1.24 bits per heavy atom. The molecule has 3 aliphatic heterocycles. The average molecular weight is 522 g/mol. The third kappa shape index (κ3) is 6.22. The Balaban J connectivity index is 1.07. The third-order valence-electron chi connectivity index (χ3n) is 8.77. The number of likely N-dealkylation sites (tertiary alicyclic amines) is 1. The predicted molar refractivity (Wildman–Crippen MR) is 149 cm³/mol. The molecule has 2 aromatic rings. The number of carboxylic acid groups (broad SMARTS) is 1. The molecule has 2 saturated heterocycles. The molecular weight excluding hydrogens is 478 g/mol. The molecule has 2 N–H and O–H groups in total. The van der Waals surface area contributed by atoms with Crippen LogP contribution in [0.1, 0.15) is 80.2 Å². The molecule has 38 heavy (non-hydrogen) atoms. The Morgan fingerprint density at radius 2 is 2.05 bits per heavy atom. The lowest BCUT2D eigenvalue weighted by molar-refractivity contribution is -0.151. The number of carboxylic acids is 1. The third-order valence-corrected chi connectivity index (χ3v) is 8.77. The minimum Gasteiger partial charge on any atom is -0.480 e. The highest BCUT2D eigenvalue weighted by atomic mass is 16.5. The van der Waals surface area contributed by atoms with Gasteiger partial charge < -0.3 is 19.9 Å². The lowest BCUT2D eigenvalue weighted by Gasteiger charge is -2.44. The normalized spacial score (nSPS) is 22.2. The van der Waals surface area contributed by atoms with Crippen LogP contribution in [0.5, 0.6) is 0 Å². The minimum absolute atomic E-state index is 0.0528. The van der Waals surface area contributed by atoms with Gasteiger partial charge in [-0.1, -0.05) is 49.6 Å². The molecule has 0 aliphatic carbocycles. The average Bonchev–Trinajstić information content (AvgIpc) is 2.89. The van der Waals surface area contributed by atoms with Crippen molar-refractivity contribution in [3.63, 3.8) is 0 Å². The molecular formula is C31H43N3O4. The van der Waals surface area contributed by atoms with Gasteiger partial charge in [-0.3, -0.25) is 9.69 Å². The van der Waals surface area contributed by atoms with Crippen LogP contribution in [0.2, 0.25) is 0 Å². The van der Waals surface area contributed by atoms with E-state index >= 15 is 0 Å². The van der Waals surface area contributed by atoms with E-state index < -0.39 is 12.0 Å². The molecule has 3 aliphatic rings. The first-order valence-corrected chi connectivity index (χ1v) is 14.4. The van der Waals surface area contributed by atoms with Crippen molar-refractivity contribution in [2.45, 2.75) is 88.8 Å². The smallest absolute Gasteiger partial charge is 0.325 e. The number of hydrogen-bond donors (Lipinski definition) is 2. The van der Waals surface area contributed by atoms with Gasteiger partial charge >= 0.3 is 5.97 Å². The fraction of sp³-hybridized carbons (Fsp3) is 0.613. The molecule has 2 atom stereocenters. The number of nitrogens with zero attached hydrogens (tertiary/aromatic N) is 2. The zero-order chi connectivity index (χ0) is 26.5. The first-order valence-electron chi connectivity index (χ1n) is 14.4. The molecule has 0 saturated carbocycles. The van der Waals surface area contributed by atoms with Crippen LogP contribution in [-0.2, 0) is 26.1 Å². The number of unbranched alkanes of at least 4 members (excludes halogenated alkanes) is 2. The number of pyridine rings is 1. The number of aliphatic carboxylic acids is 1. The summed E-state index contributed by atoms with van der Waals surface area (Å²) in [5, 5.41) is 13.9. The van der Waals surface area contributed by atoms with Crippen LogP contribution >= 0.6 is 0 Å². The van der Waals surface area contributed by atoms with Gasteiger partial charge in [-0.15, -0.1) is 0 Å². The van der Waals surface area contributed by atoms with Crippen LogP contribution in [0.4, 0.5) is 5.82 Å². The maximum atomic E-state index is 12.5. The Morgan fingerprint density at radius 3 is 2.84 bits per heavy atom. The van der Waals surface area contributed by atoms with Crippen LogP contribution in [0.3, 0.4) is 0 Å². The molecule has 0 radical (unpaired) electrons. The van der Waals surface area contributed by atoms with Crippen molar-refractivity contribution in [3.05, 3.63) is 58.8 Å². The number of hydrogen-bond acceptors (Lipinski definition) is 6. The zero-order valence-electron chi connectivity index (χ0n) is 23.0. The quantitative estimate of drug-likeness (QED) is 0.390. The Hall–Kier alpha value is -2.48. The van der Waals surface area contributed by atoms with Crippen molar-refractivity contribution < 1.29 is 19.4 Å². The number of anilines is 1. The van der Waals surface area contributed by atoms with E-state index in [1.54, 1.807) is 0 Å². The second-order valence-corrected chi connectivity index (χ2v) is 11.7. The van der Waals surface area contributed by atoms with Crippen LogP contribution in [0.25, 0.3) is 0 Å². The van der Waals surface area contributed by atoms with Gasteiger partial charge in [0, 0.05) is 45.1 Å². The second-order valence-electron chi connectivity index (χ2n) is 11.7. The summed E-state index contributed by atoms with van der Waals surface area (Å²) in [6, 6.07) is 10.4. The van der Waals surface area contributed by atoms with Gasteiger partial charge in [0.2, 0.25) is 0 Å². The van der Waals surface area contributed by atoms with Crippen molar-refractivity contribution in [1.82, 2.24) is 9.88 Å². The minimum atomic E-state index is -0.778. The van der Waals surface area contributed by atoms with E-state index in [2.05, 4.69) is 46.4 Å². The highest BCUT2D eigenvalue weighted by Crippen LogP contribution is 2.41. The zero-order valence-corrected chi connectivity index (χ0v) is 23.0. The van der Waals surface area contributed by atoms with E-state index in [-0.39, 0.29) is 11.5 Å². The van der Waals surface area contributed by atoms with Crippen molar-refractivity contribution >= 4 is 11.8 Å². The number of carbonyl (C=O) groups is 1. The van der Waals surface area contributed by atoms with E-state index in [0.29, 0.717) is 19.1 Å². The van der Waals surface area contributed by atoms with Crippen molar-refractivity contribution in [3.8, 4) is 0 Å². The largest absolute Gasteiger partial charge is 0.480 e. The first kappa shape index (κ1) is 27.1. The molecule has 7 heteroatoms. The van der Waals surface area contributed by atoms with Crippen molar-refractivity contribution in [2.24, 2.45) is 0 Å². The molecule has 7 nitrogen and oxygen atoms in total. The van der Waals surface area contributed by atoms with Gasteiger partial charge in [0.05, 0.1) is 6.10 Å². The number of nitrogens with one attached hydrogen (secondary N) is 1. The van der Waals surface area contributed by atoms with E-state index in [9.17, 15) is 9.90 Å². The van der Waals surface area contributed by atoms with Crippen LogP contribution in [0, 0.1) is 6.92 Å². The maximum absolute atomic E-state index is 12.5. The molecule has 0 bridgehead atoms. The summed E-state index contributed by atoms with van der Waals surface area (Å²) in [5.74, 6) is 0.279.